The Morgan fingerprint density at radius 1 is 0.975 bits per heavy atom. The highest BCUT2D eigenvalue weighted by molar-refractivity contribution is 5.95. The van der Waals surface area contributed by atoms with Gasteiger partial charge in [0.05, 0.1) is 24.0 Å². The number of alkyl halides is 6. The summed E-state index contributed by atoms with van der Waals surface area (Å²) in [5, 5.41) is 18.5. The van der Waals surface area contributed by atoms with E-state index in [1.807, 2.05) is 37.3 Å². The van der Waals surface area contributed by atoms with E-state index in [9.17, 15) is 35.5 Å². The topological polar surface area (TPSA) is 119 Å². The largest absolute Gasteiger partial charge is 0.490 e. The molecule has 3 heterocycles. The number of carboxylic acids is 2. The molecule has 1 amide bonds. The van der Waals surface area contributed by atoms with Crippen molar-refractivity contribution in [3.63, 3.8) is 0 Å². The quantitative estimate of drug-likeness (QED) is 0.528. The number of carbonyl (C=O) groups excluding carboxylic acids is 1. The maximum atomic E-state index is 13.1. The number of carbonyl (C=O) groups is 3. The van der Waals surface area contributed by atoms with Crippen LogP contribution < -0.4 is 4.90 Å². The van der Waals surface area contributed by atoms with E-state index in [-0.39, 0.29) is 17.3 Å². The highest BCUT2D eigenvalue weighted by Crippen LogP contribution is 2.34. The van der Waals surface area contributed by atoms with Crippen molar-refractivity contribution in [3.8, 4) is 0 Å². The minimum Gasteiger partial charge on any atom is -0.475 e. The highest BCUT2D eigenvalue weighted by atomic mass is 19.4. The summed E-state index contributed by atoms with van der Waals surface area (Å²) in [6.45, 7) is 3.76. The van der Waals surface area contributed by atoms with Gasteiger partial charge in [-0.05, 0) is 31.2 Å². The molecule has 40 heavy (non-hydrogen) atoms. The van der Waals surface area contributed by atoms with E-state index in [2.05, 4.69) is 14.9 Å². The van der Waals surface area contributed by atoms with E-state index in [0.717, 1.165) is 37.3 Å². The number of aryl methyl sites for hydroxylation is 1. The fourth-order valence-corrected chi connectivity index (χ4v) is 4.11. The number of likely N-dealkylation sites (N-methyl/N-ethyl adjacent to an activating group) is 1. The number of hydrogen-bond donors (Lipinski definition) is 2. The number of benzene rings is 1. The summed E-state index contributed by atoms with van der Waals surface area (Å²) < 4.78 is 78.3. The van der Waals surface area contributed by atoms with Crippen molar-refractivity contribution in [2.45, 2.75) is 30.9 Å². The van der Waals surface area contributed by atoms with Crippen LogP contribution in [-0.4, -0.2) is 98.8 Å². The van der Waals surface area contributed by atoms with E-state index < -0.39 is 24.3 Å². The number of anilines is 1. The number of amides is 1. The lowest BCUT2D eigenvalue weighted by Crippen LogP contribution is -2.64. The molecule has 1 spiro atoms. The molecule has 222 valence electrons. The van der Waals surface area contributed by atoms with Crippen molar-refractivity contribution < 1.29 is 55.3 Å². The van der Waals surface area contributed by atoms with Gasteiger partial charge in [0, 0.05) is 39.4 Å². The molecule has 1 unspecified atom stereocenters. The minimum atomic E-state index is -5.08. The zero-order chi connectivity index (χ0) is 30.5. The van der Waals surface area contributed by atoms with Crippen molar-refractivity contribution in [2.75, 3.05) is 38.1 Å². The Labute approximate surface area is 223 Å². The summed E-state index contributed by atoms with van der Waals surface area (Å²) in [5.41, 5.74) is 1.92. The van der Waals surface area contributed by atoms with Crippen LogP contribution in [0.3, 0.4) is 0 Å². The first-order valence-electron chi connectivity index (χ1n) is 11.4. The van der Waals surface area contributed by atoms with Gasteiger partial charge >= 0.3 is 24.3 Å². The van der Waals surface area contributed by atoms with Gasteiger partial charge in [-0.25, -0.2) is 14.0 Å². The normalized spacial score (nSPS) is 20.0. The van der Waals surface area contributed by atoms with E-state index in [0.29, 0.717) is 13.1 Å². The van der Waals surface area contributed by atoms with Crippen LogP contribution in [0.25, 0.3) is 0 Å². The van der Waals surface area contributed by atoms with Gasteiger partial charge in [0.2, 0.25) is 5.91 Å². The maximum absolute atomic E-state index is 13.1. The molecule has 2 aliphatic heterocycles. The molecule has 2 aromatic rings. The van der Waals surface area contributed by atoms with Gasteiger partial charge in [-0.3, -0.25) is 19.3 Å². The Kier molecular flexibility index (Phi) is 10.3. The van der Waals surface area contributed by atoms with Crippen molar-refractivity contribution >= 4 is 23.5 Å². The SMILES string of the molecule is CN1CC(=O)N(c2cnn(C)c2)CC12CCN(Cc1ccc(F)cc1)C2.O=C(O)C(F)(F)F.O=C(O)C(F)(F)F. The van der Waals surface area contributed by atoms with Crippen LogP contribution in [0, 0.1) is 5.82 Å². The van der Waals surface area contributed by atoms with Gasteiger partial charge in [-0.1, -0.05) is 12.1 Å². The molecule has 1 atom stereocenters. The molecule has 0 radical (unpaired) electrons. The van der Waals surface area contributed by atoms with E-state index in [1.165, 1.54) is 12.1 Å². The van der Waals surface area contributed by atoms with Crippen LogP contribution in [0.1, 0.15) is 12.0 Å². The Morgan fingerprint density at radius 2 is 1.50 bits per heavy atom. The molecule has 0 saturated carbocycles. The molecule has 1 aromatic carbocycles. The summed E-state index contributed by atoms with van der Waals surface area (Å²) >= 11 is 0. The van der Waals surface area contributed by atoms with Crippen LogP contribution in [0.4, 0.5) is 36.4 Å². The molecule has 2 saturated heterocycles. The van der Waals surface area contributed by atoms with Crippen molar-refractivity contribution in [1.29, 1.82) is 0 Å². The molecule has 17 heteroatoms. The first kappa shape index (κ1) is 32.5. The van der Waals surface area contributed by atoms with Gasteiger partial charge in [0.25, 0.3) is 0 Å². The summed E-state index contributed by atoms with van der Waals surface area (Å²) in [6, 6.07) is 6.71. The highest BCUT2D eigenvalue weighted by Gasteiger charge is 2.47. The van der Waals surface area contributed by atoms with Crippen LogP contribution in [0.2, 0.25) is 0 Å². The molecule has 0 aliphatic carbocycles. The Hall–Kier alpha value is -3.73. The smallest absolute Gasteiger partial charge is 0.475 e. The number of nitrogens with zero attached hydrogens (tertiary/aromatic N) is 5. The standard InChI is InChI=1S/C19H24FN5O.2C2HF3O2/c1-22-12-18(26)25(17-9-21-23(2)11-17)14-19(22)7-8-24(13-19)10-15-3-5-16(20)6-4-15;2*3-2(4,5)1(6)7/h3-6,9,11H,7-8,10,12-14H2,1-2H3;2*(H,6,7). The third kappa shape index (κ3) is 8.90. The molecule has 1 aromatic heterocycles. The van der Waals surface area contributed by atoms with Gasteiger partial charge in [-0.2, -0.15) is 31.4 Å². The number of carboxylic acid groups (broad SMARTS) is 2. The third-order valence-corrected chi connectivity index (χ3v) is 6.15. The van der Waals surface area contributed by atoms with Crippen LogP contribution in [0.15, 0.2) is 36.7 Å². The second-order valence-electron chi connectivity index (χ2n) is 9.13. The zero-order valence-electron chi connectivity index (χ0n) is 21.2. The van der Waals surface area contributed by atoms with E-state index in [4.69, 9.17) is 19.8 Å². The predicted molar refractivity (Wildman–Crippen MR) is 125 cm³/mol. The number of aliphatic carboxylic acids is 2. The zero-order valence-corrected chi connectivity index (χ0v) is 21.2. The Morgan fingerprint density at radius 3 is 1.95 bits per heavy atom. The molecular weight excluding hydrogens is 559 g/mol. The molecule has 4 rings (SSSR count). The Bertz CT molecular complexity index is 1160. The lowest BCUT2D eigenvalue weighted by Gasteiger charge is -2.46. The van der Waals surface area contributed by atoms with Gasteiger partial charge in [-0.15, -0.1) is 0 Å². The van der Waals surface area contributed by atoms with Gasteiger partial charge in [0.15, 0.2) is 0 Å². The molecule has 2 aliphatic rings. The second kappa shape index (κ2) is 12.6. The van der Waals surface area contributed by atoms with Crippen molar-refractivity contribution in [1.82, 2.24) is 19.6 Å². The third-order valence-electron chi connectivity index (χ3n) is 6.15. The molecule has 2 fully saturated rings. The minimum absolute atomic E-state index is 0.0518. The average Bonchev–Trinajstić information content (AvgIpc) is 3.44. The van der Waals surface area contributed by atoms with Crippen LogP contribution >= 0.6 is 0 Å². The summed E-state index contributed by atoms with van der Waals surface area (Å²) in [4.78, 5) is 36.8. The molecule has 2 N–H and O–H groups in total. The number of halogens is 7. The number of hydrogen-bond acceptors (Lipinski definition) is 6. The second-order valence-corrected chi connectivity index (χ2v) is 9.13. The molecule has 0 bridgehead atoms. The Balaban J connectivity index is 0.000000333. The first-order chi connectivity index (χ1) is 18.3. The summed E-state index contributed by atoms with van der Waals surface area (Å²) in [7, 11) is 3.90. The number of piperazine rings is 1. The molecule has 10 nitrogen and oxygen atoms in total. The van der Waals surface area contributed by atoms with Crippen LogP contribution in [0.5, 0.6) is 0 Å². The first-order valence-corrected chi connectivity index (χ1v) is 11.4. The molecular formula is C23H26F7N5O5. The van der Waals surface area contributed by atoms with Crippen molar-refractivity contribution in [3.05, 3.63) is 48.0 Å². The lowest BCUT2D eigenvalue weighted by molar-refractivity contribution is -0.193. The lowest BCUT2D eigenvalue weighted by atomic mass is 9.93. The average molecular weight is 585 g/mol. The van der Waals surface area contributed by atoms with Gasteiger partial charge in [0.1, 0.15) is 5.82 Å². The predicted octanol–water partition coefficient (Wildman–Crippen LogP) is 2.75. The van der Waals surface area contributed by atoms with Crippen LogP contribution in [-0.2, 0) is 28.0 Å². The monoisotopic (exact) mass is 585 g/mol. The van der Waals surface area contributed by atoms with E-state index in [1.54, 1.807) is 10.9 Å². The number of aromatic nitrogens is 2. The maximum Gasteiger partial charge on any atom is 0.490 e. The number of rotatable bonds is 3. The fourth-order valence-electron chi connectivity index (χ4n) is 4.11. The fraction of sp³-hybridized carbons (Fsp3) is 0.478. The van der Waals surface area contributed by atoms with Gasteiger partial charge < -0.3 is 15.1 Å². The van der Waals surface area contributed by atoms with Crippen molar-refractivity contribution in [2.24, 2.45) is 7.05 Å². The summed E-state index contributed by atoms with van der Waals surface area (Å²) in [5.74, 6) is -5.60. The van der Waals surface area contributed by atoms with E-state index >= 15 is 0 Å². The summed E-state index contributed by atoms with van der Waals surface area (Å²) in [6.07, 6.45) is -5.51. The number of likely N-dealkylation sites (tertiary alicyclic amines) is 1.